The zero-order valence-corrected chi connectivity index (χ0v) is 13.5. The highest BCUT2D eigenvalue weighted by molar-refractivity contribution is 7.13. The van der Waals surface area contributed by atoms with E-state index in [0.717, 1.165) is 13.1 Å². The zero-order valence-electron chi connectivity index (χ0n) is 11.9. The lowest BCUT2D eigenvalue weighted by Crippen LogP contribution is -2.32. The van der Waals surface area contributed by atoms with Crippen LogP contribution < -0.4 is 0 Å². The molecule has 0 saturated heterocycles. The van der Waals surface area contributed by atoms with Crippen LogP contribution in [0, 0.1) is 0 Å². The highest BCUT2D eigenvalue weighted by Crippen LogP contribution is 2.35. The van der Waals surface area contributed by atoms with E-state index in [2.05, 4.69) is 51.0 Å². The van der Waals surface area contributed by atoms with Gasteiger partial charge in [-0.2, -0.15) is 5.10 Å². The number of H-pyrrole nitrogens is 1. The van der Waals surface area contributed by atoms with Crippen LogP contribution in [0.5, 0.6) is 0 Å². The summed E-state index contributed by atoms with van der Waals surface area (Å²) in [6.07, 6.45) is 3.15. The fourth-order valence-electron chi connectivity index (χ4n) is 3.06. The molecule has 0 saturated carbocycles. The average molecular weight is 315 g/mol. The molecule has 3 nitrogen and oxygen atoms in total. The molecule has 0 amide bonds. The van der Waals surface area contributed by atoms with E-state index < -0.39 is 0 Å². The Labute approximate surface area is 132 Å². The van der Waals surface area contributed by atoms with Crippen LogP contribution in [0.1, 0.15) is 29.0 Å². The maximum absolute atomic E-state index is 4.26. The maximum Gasteiger partial charge on any atom is 0.0794 e. The molecule has 1 aliphatic rings. The monoisotopic (exact) mass is 315 g/mol. The molecule has 1 aliphatic heterocycles. The van der Waals surface area contributed by atoms with Gasteiger partial charge in [0.2, 0.25) is 0 Å². The molecule has 0 radical (unpaired) electrons. The van der Waals surface area contributed by atoms with Gasteiger partial charge in [-0.15, -0.1) is 22.7 Å². The molecule has 5 heteroatoms. The number of hydrogen-bond acceptors (Lipinski definition) is 4. The van der Waals surface area contributed by atoms with Gasteiger partial charge in [0.1, 0.15) is 0 Å². The molecule has 0 unspecified atom stereocenters. The molecule has 3 aromatic heterocycles. The lowest BCUT2D eigenvalue weighted by atomic mass is 10.0. The van der Waals surface area contributed by atoms with Crippen molar-refractivity contribution in [2.24, 2.45) is 0 Å². The molecule has 3 aromatic rings. The largest absolute Gasteiger partial charge is 0.292 e. The van der Waals surface area contributed by atoms with E-state index in [4.69, 9.17) is 0 Å². The molecule has 0 fully saturated rings. The molecule has 4 heterocycles. The second kappa shape index (κ2) is 5.40. The first-order chi connectivity index (χ1) is 10.3. The Morgan fingerprint density at radius 2 is 2.29 bits per heavy atom. The van der Waals surface area contributed by atoms with Crippen molar-refractivity contribution in [3.05, 3.63) is 51.2 Å². The minimum absolute atomic E-state index is 0.492. The summed E-state index contributed by atoms with van der Waals surface area (Å²) in [6, 6.07) is 7.02. The van der Waals surface area contributed by atoms with E-state index in [1.807, 2.05) is 17.5 Å². The van der Waals surface area contributed by atoms with Crippen molar-refractivity contribution in [3.8, 4) is 10.6 Å². The van der Waals surface area contributed by atoms with Gasteiger partial charge in [0.25, 0.3) is 0 Å². The molecule has 4 rings (SSSR count). The number of hydrogen-bond donors (Lipinski definition) is 1. The highest BCUT2D eigenvalue weighted by Gasteiger charge is 2.25. The number of aromatic amines is 1. The molecule has 1 N–H and O–H groups in total. The van der Waals surface area contributed by atoms with Crippen molar-refractivity contribution in [2.75, 3.05) is 6.54 Å². The quantitative estimate of drug-likeness (QED) is 0.780. The molecular formula is C16H17N3S2. The zero-order chi connectivity index (χ0) is 14.2. The first kappa shape index (κ1) is 13.2. The summed E-state index contributed by atoms with van der Waals surface area (Å²) in [5.74, 6) is 0. The lowest BCUT2D eigenvalue weighted by molar-refractivity contribution is 0.191. The molecule has 0 aliphatic carbocycles. The van der Waals surface area contributed by atoms with Crippen LogP contribution in [0.25, 0.3) is 10.6 Å². The number of aromatic nitrogens is 2. The van der Waals surface area contributed by atoms with Crippen LogP contribution in [0.3, 0.4) is 0 Å². The van der Waals surface area contributed by atoms with E-state index >= 15 is 0 Å². The Bertz CT molecular complexity index is 726. The van der Waals surface area contributed by atoms with Crippen molar-refractivity contribution in [1.82, 2.24) is 15.1 Å². The van der Waals surface area contributed by atoms with Crippen LogP contribution in [0.15, 0.2) is 35.2 Å². The normalized spacial score (nSPS) is 18.8. The van der Waals surface area contributed by atoms with E-state index in [1.165, 1.54) is 28.1 Å². The first-order valence-corrected chi connectivity index (χ1v) is 8.95. The third-order valence-electron chi connectivity index (χ3n) is 4.26. The summed E-state index contributed by atoms with van der Waals surface area (Å²) < 4.78 is 0. The smallest absolute Gasteiger partial charge is 0.0794 e. The van der Waals surface area contributed by atoms with Crippen molar-refractivity contribution < 1.29 is 0 Å². The maximum atomic E-state index is 4.26. The molecular weight excluding hydrogens is 298 g/mol. The number of fused-ring (bicyclic) bond motifs is 1. The molecule has 1 atom stereocenters. The van der Waals surface area contributed by atoms with Gasteiger partial charge >= 0.3 is 0 Å². The Kier molecular flexibility index (Phi) is 3.41. The van der Waals surface area contributed by atoms with E-state index in [9.17, 15) is 0 Å². The van der Waals surface area contributed by atoms with Crippen molar-refractivity contribution in [2.45, 2.75) is 25.9 Å². The first-order valence-electron chi connectivity index (χ1n) is 7.19. The summed E-state index contributed by atoms with van der Waals surface area (Å²) in [5, 5.41) is 11.8. The van der Waals surface area contributed by atoms with E-state index in [0.29, 0.717) is 6.04 Å². The second-order valence-electron chi connectivity index (χ2n) is 5.44. The van der Waals surface area contributed by atoms with Gasteiger partial charge < -0.3 is 0 Å². The number of rotatable bonds is 3. The number of nitrogens with zero attached hydrogens (tertiary/aromatic N) is 2. The molecule has 21 heavy (non-hydrogen) atoms. The van der Waals surface area contributed by atoms with E-state index in [1.54, 1.807) is 16.2 Å². The van der Waals surface area contributed by atoms with Gasteiger partial charge in [-0.3, -0.25) is 10.00 Å². The minimum Gasteiger partial charge on any atom is -0.292 e. The molecule has 0 spiro atoms. The van der Waals surface area contributed by atoms with Crippen LogP contribution in [0.2, 0.25) is 0 Å². The third kappa shape index (κ3) is 2.35. The highest BCUT2D eigenvalue weighted by atomic mass is 32.1. The van der Waals surface area contributed by atoms with Crippen LogP contribution in [0.4, 0.5) is 0 Å². The van der Waals surface area contributed by atoms with Crippen molar-refractivity contribution >= 4 is 22.7 Å². The summed E-state index contributed by atoms with van der Waals surface area (Å²) in [6.45, 7) is 4.40. The number of thiophene rings is 2. The molecule has 0 bridgehead atoms. The van der Waals surface area contributed by atoms with Crippen molar-refractivity contribution in [3.63, 3.8) is 0 Å². The summed E-state index contributed by atoms with van der Waals surface area (Å²) in [4.78, 5) is 5.38. The van der Waals surface area contributed by atoms with Gasteiger partial charge in [-0.25, -0.2) is 0 Å². The number of nitrogens with one attached hydrogen (secondary N) is 1. The van der Waals surface area contributed by atoms with Gasteiger partial charge in [-0.1, -0.05) is 6.07 Å². The fraction of sp³-hybridized carbons (Fsp3) is 0.312. The Morgan fingerprint density at radius 1 is 1.33 bits per heavy atom. The summed E-state index contributed by atoms with van der Waals surface area (Å²) >= 11 is 3.66. The van der Waals surface area contributed by atoms with Crippen LogP contribution in [-0.2, 0) is 13.0 Å². The summed E-state index contributed by atoms with van der Waals surface area (Å²) in [5.41, 5.74) is 3.98. The average Bonchev–Trinajstić information content (AvgIpc) is 3.21. The van der Waals surface area contributed by atoms with Crippen molar-refractivity contribution in [1.29, 1.82) is 0 Å². The Hall–Kier alpha value is -1.43. The Balaban J connectivity index is 1.59. The third-order valence-corrected chi connectivity index (χ3v) is 6.15. The topological polar surface area (TPSA) is 31.9 Å². The molecule has 0 aromatic carbocycles. The lowest BCUT2D eigenvalue weighted by Gasteiger charge is -2.33. The second-order valence-corrected chi connectivity index (χ2v) is 7.39. The van der Waals surface area contributed by atoms with Gasteiger partial charge in [-0.05, 0) is 41.8 Å². The predicted octanol–water partition coefficient (Wildman–Crippen LogP) is 4.32. The standard InChI is InChI=1S/C16H17N3S2/c1-11-13-5-8-21-14(13)4-6-19(11)10-12-9-17-18-16(12)15-3-2-7-20-15/h2-3,5,7-9,11H,4,6,10H2,1H3,(H,17,18)/t11-/m0/s1. The summed E-state index contributed by atoms with van der Waals surface area (Å²) in [7, 11) is 0. The van der Waals surface area contributed by atoms with Gasteiger partial charge in [0.15, 0.2) is 0 Å². The molecule has 108 valence electrons. The Morgan fingerprint density at radius 3 is 3.14 bits per heavy atom. The fourth-order valence-corrected chi connectivity index (χ4v) is 4.78. The van der Waals surface area contributed by atoms with Crippen LogP contribution in [-0.4, -0.2) is 21.6 Å². The van der Waals surface area contributed by atoms with Crippen LogP contribution >= 0.6 is 22.7 Å². The van der Waals surface area contributed by atoms with E-state index in [-0.39, 0.29) is 0 Å². The predicted molar refractivity (Wildman–Crippen MR) is 88.7 cm³/mol. The van der Waals surface area contributed by atoms with Gasteiger partial charge in [0.05, 0.1) is 16.8 Å². The minimum atomic E-state index is 0.492. The SMILES string of the molecule is C[C@H]1c2ccsc2CCN1Cc1cn[nH]c1-c1cccs1. The van der Waals surface area contributed by atoms with Gasteiger partial charge in [0, 0.05) is 29.6 Å².